The van der Waals surface area contributed by atoms with Crippen molar-refractivity contribution in [1.29, 1.82) is 0 Å². The topological polar surface area (TPSA) is 32.3 Å². The summed E-state index contributed by atoms with van der Waals surface area (Å²) in [5.41, 5.74) is 0.962. The number of nitrogens with one attached hydrogen (secondary N) is 1. The third-order valence-corrected chi connectivity index (χ3v) is 3.66. The quantitative estimate of drug-likeness (QED) is 0.921. The van der Waals surface area contributed by atoms with Crippen LogP contribution in [0.15, 0.2) is 24.3 Å². The van der Waals surface area contributed by atoms with Gasteiger partial charge >= 0.3 is 0 Å². The molecule has 4 heteroatoms. The Labute approximate surface area is 126 Å². The van der Waals surface area contributed by atoms with E-state index in [-0.39, 0.29) is 29.3 Å². The summed E-state index contributed by atoms with van der Waals surface area (Å²) in [4.78, 5) is 14.5. The lowest BCUT2D eigenvalue weighted by molar-refractivity contribution is -0.131. The predicted octanol–water partition coefficient (Wildman–Crippen LogP) is 3.47. The number of benzene rings is 1. The number of nitrogens with zero attached hydrogens (tertiary/aromatic N) is 1. The van der Waals surface area contributed by atoms with E-state index in [1.54, 1.807) is 12.1 Å². The first kappa shape index (κ1) is 16.0. The van der Waals surface area contributed by atoms with Gasteiger partial charge in [0.2, 0.25) is 5.91 Å². The number of amides is 1. The molecule has 0 spiro atoms. The lowest BCUT2D eigenvalue weighted by Crippen LogP contribution is -2.37. The molecule has 2 unspecified atom stereocenters. The van der Waals surface area contributed by atoms with Crippen LogP contribution in [0.4, 0.5) is 4.39 Å². The Bertz CT molecular complexity index is 493. The number of rotatable bonds is 4. The van der Waals surface area contributed by atoms with Gasteiger partial charge in [-0.1, -0.05) is 46.2 Å². The van der Waals surface area contributed by atoms with Crippen LogP contribution >= 0.6 is 0 Å². The SMILES string of the molecule is CCCC1NC(c2ccc(F)cc2)N(CC(C)(C)C)C1=O. The molecule has 0 bridgehead atoms. The summed E-state index contributed by atoms with van der Waals surface area (Å²) in [6.45, 7) is 9.12. The number of hydrogen-bond acceptors (Lipinski definition) is 2. The van der Waals surface area contributed by atoms with Crippen molar-refractivity contribution in [3.63, 3.8) is 0 Å². The maximum absolute atomic E-state index is 13.1. The molecule has 1 N–H and O–H groups in total. The van der Waals surface area contributed by atoms with E-state index in [1.165, 1.54) is 12.1 Å². The van der Waals surface area contributed by atoms with Gasteiger partial charge in [0.15, 0.2) is 0 Å². The highest BCUT2D eigenvalue weighted by Gasteiger charge is 2.40. The molecule has 21 heavy (non-hydrogen) atoms. The highest BCUT2D eigenvalue weighted by atomic mass is 19.1. The van der Waals surface area contributed by atoms with E-state index in [0.29, 0.717) is 6.54 Å². The number of hydrogen-bond donors (Lipinski definition) is 1. The molecule has 0 radical (unpaired) electrons. The smallest absolute Gasteiger partial charge is 0.241 e. The maximum Gasteiger partial charge on any atom is 0.241 e. The fourth-order valence-corrected chi connectivity index (χ4v) is 2.78. The summed E-state index contributed by atoms with van der Waals surface area (Å²) in [6.07, 6.45) is 1.63. The van der Waals surface area contributed by atoms with Crippen LogP contribution in [0, 0.1) is 11.2 Å². The molecule has 1 saturated heterocycles. The molecule has 1 aromatic carbocycles. The van der Waals surface area contributed by atoms with Crippen LogP contribution in [-0.4, -0.2) is 23.4 Å². The second kappa shape index (κ2) is 6.14. The van der Waals surface area contributed by atoms with Crippen molar-refractivity contribution < 1.29 is 9.18 Å². The van der Waals surface area contributed by atoms with Gasteiger partial charge in [0, 0.05) is 6.54 Å². The summed E-state index contributed by atoms with van der Waals surface area (Å²) in [5, 5.41) is 3.40. The summed E-state index contributed by atoms with van der Waals surface area (Å²) in [5.74, 6) is -0.100. The first-order valence-electron chi connectivity index (χ1n) is 7.64. The van der Waals surface area contributed by atoms with Crippen molar-refractivity contribution in [2.24, 2.45) is 5.41 Å². The van der Waals surface area contributed by atoms with Crippen molar-refractivity contribution in [2.75, 3.05) is 6.54 Å². The number of carbonyl (C=O) groups is 1. The van der Waals surface area contributed by atoms with Crippen LogP contribution in [0.2, 0.25) is 0 Å². The van der Waals surface area contributed by atoms with Crippen LogP contribution in [-0.2, 0) is 4.79 Å². The molecule has 116 valence electrons. The summed E-state index contributed by atoms with van der Waals surface area (Å²) in [6, 6.07) is 6.27. The van der Waals surface area contributed by atoms with Crippen LogP contribution in [0.1, 0.15) is 52.3 Å². The van der Waals surface area contributed by atoms with Gasteiger partial charge in [-0.3, -0.25) is 10.1 Å². The molecule has 0 aromatic heterocycles. The minimum atomic E-state index is -0.254. The first-order valence-corrected chi connectivity index (χ1v) is 7.64. The van der Waals surface area contributed by atoms with E-state index in [1.807, 2.05) is 4.90 Å². The molecular weight excluding hydrogens is 267 g/mol. The van der Waals surface area contributed by atoms with Gasteiger partial charge in [0.05, 0.1) is 6.04 Å². The Kier molecular flexibility index (Phi) is 4.67. The molecule has 2 rings (SSSR count). The van der Waals surface area contributed by atoms with E-state index in [2.05, 4.69) is 33.0 Å². The summed E-state index contributed by atoms with van der Waals surface area (Å²) >= 11 is 0. The largest absolute Gasteiger partial charge is 0.321 e. The fourth-order valence-electron chi connectivity index (χ4n) is 2.78. The van der Waals surface area contributed by atoms with Gasteiger partial charge in [-0.15, -0.1) is 0 Å². The van der Waals surface area contributed by atoms with Gasteiger partial charge in [-0.05, 0) is 29.5 Å². The zero-order valence-electron chi connectivity index (χ0n) is 13.3. The highest BCUT2D eigenvalue weighted by Crippen LogP contribution is 2.30. The first-order chi connectivity index (χ1) is 9.81. The third kappa shape index (κ3) is 3.82. The average molecular weight is 292 g/mol. The third-order valence-electron chi connectivity index (χ3n) is 3.66. The maximum atomic E-state index is 13.1. The summed E-state index contributed by atoms with van der Waals surface area (Å²) in [7, 11) is 0. The molecule has 3 nitrogen and oxygen atoms in total. The van der Waals surface area contributed by atoms with Crippen LogP contribution < -0.4 is 5.32 Å². The molecule has 1 heterocycles. The molecule has 2 atom stereocenters. The minimum Gasteiger partial charge on any atom is -0.321 e. The Balaban J connectivity index is 2.27. The van der Waals surface area contributed by atoms with Gasteiger partial charge in [0.25, 0.3) is 0 Å². The van der Waals surface area contributed by atoms with E-state index >= 15 is 0 Å². The second-order valence-corrected chi connectivity index (χ2v) is 6.99. The molecule has 1 amide bonds. The molecule has 1 aromatic rings. The van der Waals surface area contributed by atoms with E-state index in [9.17, 15) is 9.18 Å². The molecule has 1 aliphatic rings. The number of carbonyl (C=O) groups excluding carboxylic acids is 1. The number of halogens is 1. The van der Waals surface area contributed by atoms with Crippen molar-refractivity contribution >= 4 is 5.91 Å². The summed E-state index contributed by atoms with van der Waals surface area (Å²) < 4.78 is 13.1. The van der Waals surface area contributed by atoms with Crippen molar-refractivity contribution in [3.05, 3.63) is 35.6 Å². The van der Waals surface area contributed by atoms with Crippen molar-refractivity contribution in [1.82, 2.24) is 10.2 Å². The predicted molar refractivity (Wildman–Crippen MR) is 82.1 cm³/mol. The lowest BCUT2D eigenvalue weighted by Gasteiger charge is -2.31. The fraction of sp³-hybridized carbons (Fsp3) is 0.588. The Hall–Kier alpha value is -1.42. The zero-order valence-corrected chi connectivity index (χ0v) is 13.3. The highest BCUT2D eigenvalue weighted by molar-refractivity contribution is 5.84. The second-order valence-electron chi connectivity index (χ2n) is 6.99. The average Bonchev–Trinajstić information content (AvgIpc) is 2.68. The Morgan fingerprint density at radius 1 is 1.24 bits per heavy atom. The van der Waals surface area contributed by atoms with Gasteiger partial charge in [0.1, 0.15) is 12.0 Å². The molecule has 0 saturated carbocycles. The molecular formula is C17H25FN2O. The molecule has 0 aliphatic carbocycles. The minimum absolute atomic E-state index is 0.0245. The van der Waals surface area contributed by atoms with E-state index < -0.39 is 0 Å². The Morgan fingerprint density at radius 2 is 1.86 bits per heavy atom. The molecule has 1 fully saturated rings. The van der Waals surface area contributed by atoms with Gasteiger partial charge in [-0.25, -0.2) is 4.39 Å². The standard InChI is InChI=1S/C17H25FN2O/c1-5-6-14-16(21)20(11-17(2,3)4)15(19-14)12-7-9-13(18)10-8-12/h7-10,14-15,19H,5-6,11H2,1-4H3. The monoisotopic (exact) mass is 292 g/mol. The normalized spacial score (nSPS) is 22.9. The van der Waals surface area contributed by atoms with E-state index in [0.717, 1.165) is 18.4 Å². The van der Waals surface area contributed by atoms with Crippen molar-refractivity contribution in [2.45, 2.75) is 52.7 Å². The van der Waals surface area contributed by atoms with Crippen LogP contribution in [0.3, 0.4) is 0 Å². The van der Waals surface area contributed by atoms with Crippen molar-refractivity contribution in [3.8, 4) is 0 Å². The molecule has 1 aliphatic heterocycles. The van der Waals surface area contributed by atoms with Crippen LogP contribution in [0.5, 0.6) is 0 Å². The van der Waals surface area contributed by atoms with E-state index in [4.69, 9.17) is 0 Å². The Morgan fingerprint density at radius 3 is 2.38 bits per heavy atom. The van der Waals surface area contributed by atoms with Gasteiger partial charge < -0.3 is 4.90 Å². The lowest BCUT2D eigenvalue weighted by atomic mass is 9.95. The van der Waals surface area contributed by atoms with Gasteiger partial charge in [-0.2, -0.15) is 0 Å². The van der Waals surface area contributed by atoms with Crippen LogP contribution in [0.25, 0.3) is 0 Å². The zero-order chi connectivity index (χ0) is 15.6.